The highest BCUT2D eigenvalue weighted by Crippen LogP contribution is 2.55. The van der Waals surface area contributed by atoms with Crippen LogP contribution in [0.3, 0.4) is 0 Å². The van der Waals surface area contributed by atoms with E-state index in [0.717, 1.165) is 78.4 Å². The van der Waals surface area contributed by atoms with Crippen molar-refractivity contribution in [1.29, 1.82) is 0 Å². The van der Waals surface area contributed by atoms with Gasteiger partial charge < -0.3 is 9.80 Å². The minimum Gasteiger partial charge on any atom is -0.329 e. The lowest BCUT2D eigenvalue weighted by atomic mass is 9.67. The fraction of sp³-hybridized carbons (Fsp3) is 0.205. The topological polar surface area (TPSA) is 6.48 Å². The molecule has 0 saturated heterocycles. The van der Waals surface area contributed by atoms with Crippen LogP contribution >= 0.6 is 0 Å². The molecule has 0 saturated carbocycles. The van der Waals surface area contributed by atoms with Crippen LogP contribution in [0.25, 0.3) is 44.5 Å². The molecule has 8 aromatic carbocycles. The van der Waals surface area contributed by atoms with Gasteiger partial charge in [-0.1, -0.05) is 275 Å². The number of hydrogen-bond acceptors (Lipinski definition) is 2. The van der Waals surface area contributed by atoms with Gasteiger partial charge in [-0.25, -0.2) is 0 Å². The Kier molecular flexibility index (Phi) is 15.9. The van der Waals surface area contributed by atoms with Crippen LogP contribution < -0.4 is 30.5 Å². The third-order valence-electron chi connectivity index (χ3n) is 18.0. The van der Waals surface area contributed by atoms with Gasteiger partial charge in [-0.3, -0.25) is 0 Å². The highest BCUT2D eigenvalue weighted by atomic mass is 28.3. The number of nitrogens with zero attached hydrogens (tertiary/aromatic N) is 2. The molecular formula is C78H76F6N2Si4. The number of benzene rings is 8. The van der Waals surface area contributed by atoms with E-state index in [1.54, 1.807) is 24.3 Å². The van der Waals surface area contributed by atoms with E-state index in [0.29, 0.717) is 17.1 Å². The van der Waals surface area contributed by atoms with E-state index in [2.05, 4.69) is 200 Å². The van der Waals surface area contributed by atoms with Crippen molar-refractivity contribution in [3.8, 4) is 44.5 Å². The van der Waals surface area contributed by atoms with Crippen molar-refractivity contribution in [3.63, 3.8) is 0 Å². The van der Waals surface area contributed by atoms with Gasteiger partial charge in [0, 0.05) is 22.7 Å². The van der Waals surface area contributed by atoms with E-state index >= 15 is 26.3 Å². The molecule has 8 aromatic rings. The van der Waals surface area contributed by atoms with E-state index in [9.17, 15) is 0 Å². The molecule has 12 rings (SSSR count). The first-order chi connectivity index (χ1) is 42.5. The lowest BCUT2D eigenvalue weighted by molar-refractivity contribution is -0.137. The van der Waals surface area contributed by atoms with Crippen molar-refractivity contribution in [3.05, 3.63) is 275 Å². The smallest absolute Gasteiger partial charge is 0.329 e. The predicted molar refractivity (Wildman–Crippen MR) is 379 cm³/mol. The average molecular weight is 1270 g/mol. The van der Waals surface area contributed by atoms with Crippen LogP contribution in [-0.2, 0) is 12.4 Å². The number of halogens is 6. The fourth-order valence-electron chi connectivity index (χ4n) is 13.9. The second kappa shape index (κ2) is 23.0. The molecule has 4 aliphatic rings. The summed E-state index contributed by atoms with van der Waals surface area (Å²) in [7, 11) is -8.09. The second-order valence-electron chi connectivity index (χ2n) is 28.3. The van der Waals surface area contributed by atoms with Gasteiger partial charge in [-0.05, 0) is 116 Å². The summed E-state index contributed by atoms with van der Waals surface area (Å²) in [6, 6.07) is 57.3. The summed E-state index contributed by atoms with van der Waals surface area (Å²) in [6.07, 6.45) is 6.74. The molecule has 0 bridgehead atoms. The number of rotatable bonds is 14. The molecule has 0 radical (unpaired) electrons. The molecule has 0 spiro atoms. The quantitative estimate of drug-likeness (QED) is 0.0791. The van der Waals surface area contributed by atoms with Crippen molar-refractivity contribution < 1.29 is 26.3 Å². The van der Waals surface area contributed by atoms with Crippen molar-refractivity contribution >= 4 is 75.8 Å². The van der Waals surface area contributed by atoms with Gasteiger partial charge in [0.2, 0.25) is 0 Å². The molecule has 0 fully saturated rings. The van der Waals surface area contributed by atoms with Crippen LogP contribution in [0.2, 0.25) is 78.6 Å². The maximum atomic E-state index is 16.0. The third kappa shape index (κ3) is 11.5. The van der Waals surface area contributed by atoms with E-state index in [4.69, 9.17) is 0 Å². The summed E-state index contributed by atoms with van der Waals surface area (Å²) in [5.74, 6) is -0.508. The Morgan fingerprint density at radius 1 is 0.367 bits per heavy atom. The van der Waals surface area contributed by atoms with E-state index in [1.165, 1.54) is 38.9 Å². The maximum absolute atomic E-state index is 16.0. The molecule has 4 aliphatic carbocycles. The van der Waals surface area contributed by atoms with Crippen LogP contribution in [0.5, 0.6) is 0 Å². The Hall–Kier alpha value is -8.01. The fourth-order valence-corrected chi connectivity index (χ4v) is 20.5. The summed E-state index contributed by atoms with van der Waals surface area (Å²) >= 11 is 0. The summed E-state index contributed by atoms with van der Waals surface area (Å²) in [5.41, 5.74) is 12.2. The number of para-hydroxylation sites is 2. The monoisotopic (exact) mass is 1270 g/mol. The van der Waals surface area contributed by atoms with E-state index < -0.39 is 67.7 Å². The molecule has 2 atom stereocenters. The molecule has 0 amide bonds. The maximum Gasteiger partial charge on any atom is 0.418 e. The van der Waals surface area contributed by atoms with Crippen LogP contribution in [0.1, 0.15) is 11.1 Å². The molecule has 0 N–H and O–H groups in total. The van der Waals surface area contributed by atoms with Crippen molar-refractivity contribution in [2.45, 2.75) is 97.0 Å². The Balaban J connectivity index is 1.10. The van der Waals surface area contributed by atoms with Gasteiger partial charge in [-0.15, -0.1) is 0 Å². The van der Waals surface area contributed by atoms with Gasteiger partial charge in [0.15, 0.2) is 0 Å². The van der Waals surface area contributed by atoms with E-state index in [-0.39, 0.29) is 11.4 Å². The molecule has 0 aromatic heterocycles. The number of anilines is 4. The highest BCUT2D eigenvalue weighted by Gasteiger charge is 2.45. The Bertz CT molecular complexity index is 4410. The minimum absolute atomic E-state index is 0.00434. The number of hydrogen-bond donors (Lipinski definition) is 0. The summed E-state index contributed by atoms with van der Waals surface area (Å²) in [6.45, 7) is 27.8. The summed E-state index contributed by atoms with van der Waals surface area (Å²) in [4.78, 5) is 3.73. The zero-order valence-electron chi connectivity index (χ0n) is 53.3. The Morgan fingerprint density at radius 2 is 0.789 bits per heavy atom. The first-order valence-corrected chi connectivity index (χ1v) is 45.0. The van der Waals surface area contributed by atoms with Gasteiger partial charge in [0.25, 0.3) is 0 Å². The summed E-state index contributed by atoms with van der Waals surface area (Å²) < 4.78 is 95.9. The molecule has 456 valence electrons. The first-order valence-electron chi connectivity index (χ1n) is 31.0. The van der Waals surface area contributed by atoms with Crippen LogP contribution in [0.4, 0.5) is 49.1 Å². The molecule has 2 unspecified atom stereocenters. The van der Waals surface area contributed by atoms with Crippen LogP contribution in [-0.4, -0.2) is 38.3 Å². The standard InChI is InChI=1S/C78H76F6N2Si4/c1-87(2,3)71-33-21-13-25-55(71)53-41-47-67(61(49-53)57-27-15-23-35-73(57)89(7,8)9)85(69-31-19-17-29-63(69)77(79,80)81)65-45-39-51-38-44-60-66(46-40-52-37-43-59(65)75(51)76(52)60)86(70-32-20-18-30-64(70)78(82,83)84)68-48-42-54(56-26-14-22-34-72(56)88(4,5)6)50-62(68)58-28-16-24-36-74(58)90(10,11)12/h13-50,65,76H,1-12H3. The number of allylic oxidation sites excluding steroid dienone is 10. The number of alkyl halides is 6. The average Bonchev–Trinajstić information content (AvgIpc) is 0.721. The first kappa shape index (κ1) is 62.2. The van der Waals surface area contributed by atoms with Crippen molar-refractivity contribution in [2.24, 2.45) is 5.92 Å². The third-order valence-corrected chi connectivity index (χ3v) is 26.2. The molecule has 12 heteroatoms. The normalized spacial score (nSPS) is 16.7. The molecule has 90 heavy (non-hydrogen) atoms. The van der Waals surface area contributed by atoms with Crippen LogP contribution in [0.15, 0.2) is 264 Å². The molecule has 2 nitrogen and oxygen atoms in total. The lowest BCUT2D eigenvalue weighted by Crippen LogP contribution is -2.40. The summed E-state index contributed by atoms with van der Waals surface area (Å²) in [5, 5.41) is 4.93. The zero-order valence-corrected chi connectivity index (χ0v) is 57.3. The van der Waals surface area contributed by atoms with Gasteiger partial charge >= 0.3 is 12.4 Å². The van der Waals surface area contributed by atoms with Crippen LogP contribution in [0, 0.1) is 5.92 Å². The van der Waals surface area contributed by atoms with Crippen molar-refractivity contribution in [1.82, 2.24) is 0 Å². The van der Waals surface area contributed by atoms with E-state index in [1.807, 2.05) is 70.5 Å². The van der Waals surface area contributed by atoms with Gasteiger partial charge in [-0.2, -0.15) is 26.3 Å². The zero-order chi connectivity index (χ0) is 64.0. The SMILES string of the molecule is C[Si](C)(C)c1ccccc1-c1ccc(N(C2=C3C=CC4=C5C(=CC=C(C=C2)C35)C(N(c2ccc(-c3ccccc3[Si](C)(C)C)cc2-c2ccccc2[Si](C)(C)C)c2ccccc2C(F)(F)F)C=C4)c2ccccc2C(F)(F)F)c(-c2ccccc2[Si](C)(C)C)c1. The minimum atomic E-state index is -4.74. The second-order valence-corrected chi connectivity index (χ2v) is 48.4. The lowest BCUT2D eigenvalue weighted by Gasteiger charge is -2.44. The Morgan fingerprint density at radius 3 is 1.29 bits per heavy atom. The molecular weight excluding hydrogens is 1190 g/mol. The highest BCUT2D eigenvalue weighted by molar-refractivity contribution is 6.91. The van der Waals surface area contributed by atoms with Crippen molar-refractivity contribution in [2.75, 3.05) is 9.80 Å². The molecule has 0 heterocycles. The van der Waals surface area contributed by atoms with Gasteiger partial charge in [0.1, 0.15) is 0 Å². The largest absolute Gasteiger partial charge is 0.418 e. The van der Waals surface area contributed by atoms with Gasteiger partial charge in [0.05, 0.1) is 72.2 Å². The Labute approximate surface area is 531 Å². The molecule has 0 aliphatic heterocycles. The predicted octanol–water partition coefficient (Wildman–Crippen LogP) is 20.7.